The molecular weight excluding hydrogens is 176 g/mol. The highest BCUT2D eigenvalue weighted by molar-refractivity contribution is 5.75. The summed E-state index contributed by atoms with van der Waals surface area (Å²) in [7, 11) is 0. The van der Waals surface area contributed by atoms with Crippen LogP contribution in [0, 0.1) is 0 Å². The zero-order valence-electron chi connectivity index (χ0n) is 8.02. The molecule has 0 aliphatic heterocycles. The Kier molecular flexibility index (Phi) is 4.32. The van der Waals surface area contributed by atoms with E-state index in [0.717, 1.165) is 0 Å². The zero-order valence-corrected chi connectivity index (χ0v) is 8.02. The number of esters is 1. The number of aliphatic hydroxyl groups excluding tert-OH is 3. The van der Waals surface area contributed by atoms with E-state index in [1.54, 1.807) is 20.8 Å². The molecular formula is C8H16O5. The number of carbonyl (C=O) groups is 1. The van der Waals surface area contributed by atoms with Gasteiger partial charge in [0.15, 0.2) is 6.10 Å². The molecule has 3 N–H and O–H groups in total. The summed E-state index contributed by atoms with van der Waals surface area (Å²) in [6, 6.07) is 0. The molecule has 0 heterocycles. The number of carbonyl (C=O) groups excluding carboxylic acids is 1. The minimum Gasteiger partial charge on any atom is -0.458 e. The average Bonchev–Trinajstić information content (AvgIpc) is 1.98. The maximum Gasteiger partial charge on any atom is 0.338 e. The fraction of sp³-hybridized carbons (Fsp3) is 0.875. The molecule has 0 spiro atoms. The monoisotopic (exact) mass is 192 g/mol. The Morgan fingerprint density at radius 1 is 1.38 bits per heavy atom. The lowest BCUT2D eigenvalue weighted by molar-refractivity contribution is -0.172. The first-order valence-electron chi connectivity index (χ1n) is 3.98. The molecule has 0 saturated heterocycles. The van der Waals surface area contributed by atoms with Crippen LogP contribution in [0.2, 0.25) is 0 Å². The van der Waals surface area contributed by atoms with Crippen molar-refractivity contribution in [3.63, 3.8) is 0 Å². The standard InChI is InChI=1S/C8H16O5/c1-8(2,3)13-7(12)6(11)5(10)4-9/h5-6,9-11H,4H2,1-3H3/t5-,6+/m0/s1. The highest BCUT2D eigenvalue weighted by Gasteiger charge is 2.28. The Hall–Kier alpha value is -0.650. The predicted molar refractivity (Wildman–Crippen MR) is 44.9 cm³/mol. The average molecular weight is 192 g/mol. The van der Waals surface area contributed by atoms with Crippen LogP contribution in [0.25, 0.3) is 0 Å². The van der Waals surface area contributed by atoms with Crippen LogP contribution in [0.1, 0.15) is 20.8 Å². The Bertz CT molecular complexity index is 172. The molecule has 0 saturated carbocycles. The number of hydrogen-bond acceptors (Lipinski definition) is 5. The summed E-state index contributed by atoms with van der Waals surface area (Å²) in [6.45, 7) is 4.25. The Balaban J connectivity index is 4.12. The number of aliphatic hydroxyl groups is 3. The van der Waals surface area contributed by atoms with E-state index in [1.807, 2.05) is 0 Å². The van der Waals surface area contributed by atoms with Crippen LogP contribution in [-0.4, -0.2) is 45.7 Å². The maximum absolute atomic E-state index is 11.0. The van der Waals surface area contributed by atoms with Crippen molar-refractivity contribution in [1.29, 1.82) is 0 Å². The minimum absolute atomic E-state index is 0.680. The maximum atomic E-state index is 11.0. The largest absolute Gasteiger partial charge is 0.458 e. The van der Waals surface area contributed by atoms with Crippen LogP contribution < -0.4 is 0 Å². The Labute approximate surface area is 77.0 Å². The second-order valence-corrected chi connectivity index (χ2v) is 3.73. The first kappa shape index (κ1) is 12.3. The van der Waals surface area contributed by atoms with Gasteiger partial charge >= 0.3 is 5.97 Å². The molecule has 0 aromatic heterocycles. The van der Waals surface area contributed by atoms with E-state index in [-0.39, 0.29) is 0 Å². The van der Waals surface area contributed by atoms with Gasteiger partial charge in [-0.3, -0.25) is 0 Å². The van der Waals surface area contributed by atoms with Crippen LogP contribution in [0.3, 0.4) is 0 Å². The van der Waals surface area contributed by atoms with Crippen molar-refractivity contribution in [3.05, 3.63) is 0 Å². The predicted octanol–water partition coefficient (Wildman–Crippen LogP) is -0.958. The molecule has 0 aliphatic carbocycles. The van der Waals surface area contributed by atoms with Gasteiger partial charge in [0.2, 0.25) is 0 Å². The molecule has 0 aromatic carbocycles. The molecule has 5 nitrogen and oxygen atoms in total. The molecule has 0 fully saturated rings. The van der Waals surface area contributed by atoms with E-state index in [0.29, 0.717) is 0 Å². The molecule has 0 radical (unpaired) electrons. The van der Waals surface area contributed by atoms with Crippen LogP contribution in [0.15, 0.2) is 0 Å². The summed E-state index contributed by atoms with van der Waals surface area (Å²) in [6.07, 6.45) is -3.18. The summed E-state index contributed by atoms with van der Waals surface area (Å²) in [5.74, 6) is -0.936. The fourth-order valence-electron chi connectivity index (χ4n) is 0.619. The van der Waals surface area contributed by atoms with E-state index >= 15 is 0 Å². The smallest absolute Gasteiger partial charge is 0.338 e. The van der Waals surface area contributed by atoms with E-state index < -0.39 is 30.4 Å². The first-order valence-corrected chi connectivity index (χ1v) is 3.98. The molecule has 0 amide bonds. The van der Waals surface area contributed by atoms with E-state index in [9.17, 15) is 4.79 Å². The fourth-order valence-corrected chi connectivity index (χ4v) is 0.619. The van der Waals surface area contributed by atoms with Gasteiger partial charge in [-0.25, -0.2) is 4.79 Å². The molecule has 2 atom stereocenters. The van der Waals surface area contributed by atoms with Gasteiger partial charge in [-0.1, -0.05) is 0 Å². The molecule has 78 valence electrons. The van der Waals surface area contributed by atoms with Crippen molar-refractivity contribution < 1.29 is 24.9 Å². The second-order valence-electron chi connectivity index (χ2n) is 3.73. The van der Waals surface area contributed by atoms with Crippen molar-refractivity contribution in [1.82, 2.24) is 0 Å². The van der Waals surface area contributed by atoms with Crippen molar-refractivity contribution >= 4 is 5.97 Å². The zero-order chi connectivity index (χ0) is 10.6. The summed E-state index contributed by atoms with van der Waals surface area (Å²) >= 11 is 0. The van der Waals surface area contributed by atoms with Gasteiger partial charge in [0, 0.05) is 0 Å². The highest BCUT2D eigenvalue weighted by atomic mass is 16.6. The number of hydrogen-bond donors (Lipinski definition) is 3. The van der Waals surface area contributed by atoms with Crippen LogP contribution in [-0.2, 0) is 9.53 Å². The summed E-state index contributed by atoms with van der Waals surface area (Å²) < 4.78 is 4.76. The van der Waals surface area contributed by atoms with Gasteiger partial charge in [-0.05, 0) is 20.8 Å². The van der Waals surface area contributed by atoms with Gasteiger partial charge in [0.1, 0.15) is 11.7 Å². The van der Waals surface area contributed by atoms with Crippen molar-refractivity contribution in [2.75, 3.05) is 6.61 Å². The molecule has 0 aromatic rings. The van der Waals surface area contributed by atoms with E-state index in [2.05, 4.69) is 0 Å². The third-order valence-corrected chi connectivity index (χ3v) is 1.20. The lowest BCUT2D eigenvalue weighted by atomic mass is 10.1. The normalized spacial score (nSPS) is 16.5. The SMILES string of the molecule is CC(C)(C)OC(=O)[C@H](O)[C@@H](O)CO. The van der Waals surface area contributed by atoms with Crippen molar-refractivity contribution in [2.45, 2.75) is 38.6 Å². The van der Waals surface area contributed by atoms with Gasteiger partial charge in [0.05, 0.1) is 6.61 Å². The highest BCUT2D eigenvalue weighted by Crippen LogP contribution is 2.09. The molecule has 13 heavy (non-hydrogen) atoms. The molecule has 0 aliphatic rings. The number of rotatable bonds is 3. The van der Waals surface area contributed by atoms with Crippen LogP contribution in [0.4, 0.5) is 0 Å². The first-order chi connectivity index (χ1) is 5.78. The third kappa shape index (κ3) is 4.82. The summed E-state index contributed by atoms with van der Waals surface area (Å²) in [4.78, 5) is 11.0. The minimum atomic E-state index is -1.69. The number of ether oxygens (including phenoxy) is 1. The van der Waals surface area contributed by atoms with Crippen LogP contribution >= 0.6 is 0 Å². The Morgan fingerprint density at radius 2 is 1.85 bits per heavy atom. The molecule has 0 bridgehead atoms. The van der Waals surface area contributed by atoms with E-state index in [4.69, 9.17) is 20.1 Å². The molecule has 5 heteroatoms. The molecule has 0 rings (SSSR count). The topological polar surface area (TPSA) is 87.0 Å². The summed E-state index contributed by atoms with van der Waals surface area (Å²) in [5, 5.41) is 26.4. The van der Waals surface area contributed by atoms with Crippen LogP contribution in [0.5, 0.6) is 0 Å². The van der Waals surface area contributed by atoms with Gasteiger partial charge < -0.3 is 20.1 Å². The van der Waals surface area contributed by atoms with Gasteiger partial charge in [0.25, 0.3) is 0 Å². The summed E-state index contributed by atoms with van der Waals surface area (Å²) in [5.41, 5.74) is -0.715. The lowest BCUT2D eigenvalue weighted by Gasteiger charge is -2.23. The third-order valence-electron chi connectivity index (χ3n) is 1.20. The second kappa shape index (κ2) is 4.55. The quantitative estimate of drug-likeness (QED) is 0.501. The van der Waals surface area contributed by atoms with Gasteiger partial charge in [-0.15, -0.1) is 0 Å². The Morgan fingerprint density at radius 3 is 2.15 bits per heavy atom. The van der Waals surface area contributed by atoms with E-state index in [1.165, 1.54) is 0 Å². The van der Waals surface area contributed by atoms with Crippen molar-refractivity contribution in [3.8, 4) is 0 Å². The molecule has 0 unspecified atom stereocenters. The van der Waals surface area contributed by atoms with Gasteiger partial charge in [-0.2, -0.15) is 0 Å². The lowest BCUT2D eigenvalue weighted by Crippen LogP contribution is -2.40. The van der Waals surface area contributed by atoms with Crippen molar-refractivity contribution in [2.24, 2.45) is 0 Å².